The van der Waals surface area contributed by atoms with E-state index in [1.54, 1.807) is 6.07 Å². The molecule has 0 bridgehead atoms. The summed E-state index contributed by atoms with van der Waals surface area (Å²) in [7, 11) is 1.86. The van der Waals surface area contributed by atoms with E-state index < -0.39 is 0 Å². The number of halogens is 1. The van der Waals surface area contributed by atoms with Crippen LogP contribution < -0.4 is 10.6 Å². The van der Waals surface area contributed by atoms with Gasteiger partial charge in [-0.2, -0.15) is 0 Å². The van der Waals surface area contributed by atoms with Crippen LogP contribution in [0.1, 0.15) is 11.1 Å². The fourth-order valence-corrected chi connectivity index (χ4v) is 2.02. The van der Waals surface area contributed by atoms with Crippen molar-refractivity contribution >= 4 is 11.4 Å². The lowest BCUT2D eigenvalue weighted by Gasteiger charge is -2.22. The summed E-state index contributed by atoms with van der Waals surface area (Å²) in [5.41, 5.74) is 8.97. The van der Waals surface area contributed by atoms with Gasteiger partial charge in [0.2, 0.25) is 0 Å². The molecule has 2 nitrogen and oxygen atoms in total. The van der Waals surface area contributed by atoms with Crippen LogP contribution in [0.5, 0.6) is 0 Å². The fraction of sp³-hybridized carbons (Fsp3) is 0.200. The van der Waals surface area contributed by atoms with Gasteiger partial charge in [-0.15, -0.1) is 0 Å². The molecule has 0 spiro atoms. The molecular weight excluding hydrogens is 227 g/mol. The Labute approximate surface area is 107 Å². The van der Waals surface area contributed by atoms with Gasteiger partial charge in [0, 0.05) is 19.3 Å². The average molecular weight is 244 g/mol. The number of benzene rings is 2. The molecule has 0 aliphatic rings. The van der Waals surface area contributed by atoms with E-state index in [1.165, 1.54) is 6.07 Å². The van der Waals surface area contributed by atoms with Crippen molar-refractivity contribution in [1.29, 1.82) is 0 Å². The minimum absolute atomic E-state index is 0.247. The van der Waals surface area contributed by atoms with Gasteiger partial charge in [0.15, 0.2) is 0 Å². The van der Waals surface area contributed by atoms with Gasteiger partial charge in [-0.05, 0) is 36.2 Å². The molecule has 0 saturated heterocycles. The molecule has 0 unspecified atom stereocenters. The number of hydrogen-bond donors (Lipinski definition) is 1. The van der Waals surface area contributed by atoms with Crippen LogP contribution >= 0.6 is 0 Å². The second-order valence-corrected chi connectivity index (χ2v) is 4.34. The third-order valence-electron chi connectivity index (χ3n) is 3.09. The number of nitrogens with two attached hydrogens (primary N) is 1. The van der Waals surface area contributed by atoms with Crippen LogP contribution in [-0.2, 0) is 6.54 Å². The predicted molar refractivity (Wildman–Crippen MR) is 73.5 cm³/mol. The number of nitrogens with zero attached hydrogens (tertiary/aromatic N) is 1. The molecule has 0 atom stereocenters. The summed E-state index contributed by atoms with van der Waals surface area (Å²) >= 11 is 0. The Morgan fingerprint density at radius 2 is 1.83 bits per heavy atom. The summed E-state index contributed by atoms with van der Waals surface area (Å²) in [5, 5.41) is 0. The highest BCUT2D eigenvalue weighted by molar-refractivity contribution is 5.66. The Balaban J connectivity index is 2.40. The van der Waals surface area contributed by atoms with Gasteiger partial charge < -0.3 is 10.6 Å². The normalized spacial score (nSPS) is 10.4. The molecule has 3 heteroatoms. The summed E-state index contributed by atoms with van der Waals surface area (Å²) in [5.74, 6) is -0.247. The lowest BCUT2D eigenvalue weighted by molar-refractivity contribution is 0.625. The second-order valence-electron chi connectivity index (χ2n) is 4.34. The summed E-state index contributed by atoms with van der Waals surface area (Å²) < 4.78 is 14.0. The summed E-state index contributed by atoms with van der Waals surface area (Å²) in [4.78, 5) is 1.85. The van der Waals surface area contributed by atoms with E-state index in [-0.39, 0.29) is 5.82 Å². The maximum atomic E-state index is 14.0. The molecule has 18 heavy (non-hydrogen) atoms. The molecule has 0 aliphatic heterocycles. The molecule has 0 radical (unpaired) electrons. The smallest absolute Gasteiger partial charge is 0.147 e. The molecule has 2 aromatic carbocycles. The lowest BCUT2D eigenvalue weighted by atomic mass is 10.1. The maximum absolute atomic E-state index is 14.0. The largest absolute Gasteiger partial charge is 0.342 e. The van der Waals surface area contributed by atoms with Crippen LogP contribution in [0, 0.1) is 12.7 Å². The molecular formula is C15H17FN2. The Hall–Kier alpha value is -1.87. The van der Waals surface area contributed by atoms with Gasteiger partial charge in [-0.25, -0.2) is 4.39 Å². The predicted octanol–water partition coefficient (Wildman–Crippen LogP) is 3.36. The zero-order chi connectivity index (χ0) is 13.1. The highest BCUT2D eigenvalue weighted by Gasteiger charge is 2.11. The van der Waals surface area contributed by atoms with Crippen molar-refractivity contribution < 1.29 is 4.39 Å². The van der Waals surface area contributed by atoms with Crippen LogP contribution in [0.15, 0.2) is 42.5 Å². The van der Waals surface area contributed by atoms with Gasteiger partial charge >= 0.3 is 0 Å². The van der Waals surface area contributed by atoms with Crippen molar-refractivity contribution in [3.8, 4) is 0 Å². The maximum Gasteiger partial charge on any atom is 0.147 e. The Morgan fingerprint density at radius 3 is 2.44 bits per heavy atom. The van der Waals surface area contributed by atoms with E-state index in [1.807, 2.05) is 49.2 Å². The van der Waals surface area contributed by atoms with Crippen LogP contribution in [-0.4, -0.2) is 7.05 Å². The van der Waals surface area contributed by atoms with E-state index in [0.717, 1.165) is 16.8 Å². The topological polar surface area (TPSA) is 29.3 Å². The standard InChI is InChI=1S/C15H17FN2/c1-11-5-3-4-6-14(11)18(2)15-8-7-12(10-17)9-13(15)16/h3-9H,10,17H2,1-2H3. The highest BCUT2D eigenvalue weighted by Crippen LogP contribution is 2.28. The monoisotopic (exact) mass is 244 g/mol. The van der Waals surface area contributed by atoms with E-state index in [2.05, 4.69) is 0 Å². The molecule has 2 N–H and O–H groups in total. The highest BCUT2D eigenvalue weighted by atomic mass is 19.1. The van der Waals surface area contributed by atoms with Crippen molar-refractivity contribution in [1.82, 2.24) is 0 Å². The molecule has 0 saturated carbocycles. The number of aryl methyl sites for hydroxylation is 1. The molecule has 94 valence electrons. The van der Waals surface area contributed by atoms with Crippen molar-refractivity contribution in [3.63, 3.8) is 0 Å². The van der Waals surface area contributed by atoms with E-state index in [0.29, 0.717) is 12.2 Å². The first kappa shape index (κ1) is 12.6. The van der Waals surface area contributed by atoms with E-state index in [4.69, 9.17) is 5.73 Å². The summed E-state index contributed by atoms with van der Waals surface area (Å²) in [6.07, 6.45) is 0. The molecule has 2 aromatic rings. The zero-order valence-corrected chi connectivity index (χ0v) is 10.7. The number of rotatable bonds is 3. The first-order valence-corrected chi connectivity index (χ1v) is 5.91. The number of anilines is 2. The van der Waals surface area contributed by atoms with Crippen LogP contribution in [0.2, 0.25) is 0 Å². The first-order chi connectivity index (χ1) is 8.63. The fourth-order valence-electron chi connectivity index (χ4n) is 2.02. The summed E-state index contributed by atoms with van der Waals surface area (Å²) in [6.45, 7) is 2.36. The SMILES string of the molecule is Cc1ccccc1N(C)c1ccc(CN)cc1F. The molecule has 0 fully saturated rings. The van der Waals surface area contributed by atoms with Gasteiger partial charge in [-0.1, -0.05) is 24.3 Å². The zero-order valence-electron chi connectivity index (χ0n) is 10.7. The number of para-hydroxylation sites is 1. The number of hydrogen-bond acceptors (Lipinski definition) is 2. The second kappa shape index (κ2) is 5.19. The van der Waals surface area contributed by atoms with Crippen molar-refractivity contribution in [2.24, 2.45) is 5.73 Å². The first-order valence-electron chi connectivity index (χ1n) is 5.91. The minimum Gasteiger partial charge on any atom is -0.342 e. The van der Waals surface area contributed by atoms with Gasteiger partial charge in [-0.3, -0.25) is 0 Å². The van der Waals surface area contributed by atoms with E-state index >= 15 is 0 Å². The molecule has 0 heterocycles. The van der Waals surface area contributed by atoms with Gasteiger partial charge in [0.25, 0.3) is 0 Å². The molecule has 2 rings (SSSR count). The minimum atomic E-state index is -0.247. The molecule has 0 aromatic heterocycles. The Kier molecular flexibility index (Phi) is 3.63. The molecule has 0 aliphatic carbocycles. The third-order valence-corrected chi connectivity index (χ3v) is 3.09. The van der Waals surface area contributed by atoms with E-state index in [9.17, 15) is 4.39 Å². The van der Waals surface area contributed by atoms with Crippen LogP contribution in [0.4, 0.5) is 15.8 Å². The van der Waals surface area contributed by atoms with Crippen LogP contribution in [0.25, 0.3) is 0 Å². The average Bonchev–Trinajstić information content (AvgIpc) is 2.38. The lowest BCUT2D eigenvalue weighted by Crippen LogP contribution is -2.13. The summed E-state index contributed by atoms with van der Waals surface area (Å²) in [6, 6.07) is 13.0. The van der Waals surface area contributed by atoms with Gasteiger partial charge in [0.1, 0.15) is 5.82 Å². The Morgan fingerprint density at radius 1 is 1.11 bits per heavy atom. The quantitative estimate of drug-likeness (QED) is 0.897. The van der Waals surface area contributed by atoms with Gasteiger partial charge in [0.05, 0.1) is 5.69 Å². The van der Waals surface area contributed by atoms with Crippen molar-refractivity contribution in [2.75, 3.05) is 11.9 Å². The molecule has 0 amide bonds. The Bertz CT molecular complexity index is 552. The van der Waals surface area contributed by atoms with Crippen molar-refractivity contribution in [3.05, 3.63) is 59.4 Å². The van der Waals surface area contributed by atoms with Crippen LogP contribution in [0.3, 0.4) is 0 Å². The third kappa shape index (κ3) is 2.36. The van der Waals surface area contributed by atoms with Crippen molar-refractivity contribution in [2.45, 2.75) is 13.5 Å².